The van der Waals surface area contributed by atoms with Crippen molar-refractivity contribution in [2.45, 2.75) is 57.7 Å². The fourth-order valence-electron chi connectivity index (χ4n) is 5.26. The number of carbonyl (C=O) groups is 2. The van der Waals surface area contributed by atoms with Crippen molar-refractivity contribution in [1.29, 1.82) is 0 Å². The van der Waals surface area contributed by atoms with Gasteiger partial charge in [0, 0.05) is 36.5 Å². The van der Waals surface area contributed by atoms with Crippen LogP contribution in [0.25, 0.3) is 0 Å². The van der Waals surface area contributed by atoms with Crippen LogP contribution in [-0.4, -0.2) is 47.6 Å². The number of nitro benzene ring substituents is 1. The van der Waals surface area contributed by atoms with E-state index in [1.165, 1.54) is 25.1 Å². The molecule has 228 valence electrons. The molecule has 0 saturated carbocycles. The molecule has 1 unspecified atom stereocenters. The number of hydrogen-bond acceptors (Lipinski definition) is 7. The summed E-state index contributed by atoms with van der Waals surface area (Å²) in [4.78, 5) is 39.1. The molecule has 0 aromatic heterocycles. The van der Waals surface area contributed by atoms with Gasteiger partial charge in [-0.05, 0) is 56.5 Å². The van der Waals surface area contributed by atoms with Gasteiger partial charge in [0.25, 0.3) is 5.69 Å². The third-order valence-corrected chi connectivity index (χ3v) is 7.33. The highest BCUT2D eigenvalue weighted by molar-refractivity contribution is 5.74. The highest BCUT2D eigenvalue weighted by Crippen LogP contribution is 2.42. The third kappa shape index (κ3) is 6.54. The Bertz CT molecular complexity index is 1330. The van der Waals surface area contributed by atoms with Crippen molar-refractivity contribution < 1.29 is 50.3 Å². The first-order valence-electron chi connectivity index (χ1n) is 13.1. The van der Waals surface area contributed by atoms with E-state index in [0.29, 0.717) is 37.2 Å². The number of nitrogens with zero attached hydrogens (tertiary/aromatic N) is 3. The Hall–Kier alpha value is -4.04. The molecule has 2 fully saturated rings. The minimum atomic E-state index is -5.09. The van der Waals surface area contributed by atoms with E-state index in [4.69, 9.17) is 9.47 Å². The van der Waals surface area contributed by atoms with Crippen LogP contribution in [0.2, 0.25) is 0 Å². The van der Waals surface area contributed by atoms with Gasteiger partial charge in [0.15, 0.2) is 0 Å². The van der Waals surface area contributed by atoms with Gasteiger partial charge in [-0.25, -0.2) is 4.79 Å². The molecule has 0 N–H and O–H groups in total. The molecule has 2 saturated heterocycles. The smallest absolute Gasteiger partial charge is 0.416 e. The topological polar surface area (TPSA) is 102 Å². The maximum atomic E-state index is 13.4. The van der Waals surface area contributed by atoms with Gasteiger partial charge in [0.2, 0.25) is 0 Å². The number of esters is 1. The van der Waals surface area contributed by atoms with E-state index in [1.54, 1.807) is 6.92 Å². The van der Waals surface area contributed by atoms with Gasteiger partial charge in [-0.3, -0.25) is 19.8 Å². The molecule has 2 aliphatic heterocycles. The molecule has 0 aliphatic carbocycles. The molecule has 2 aromatic carbocycles. The highest BCUT2D eigenvalue weighted by atomic mass is 19.4. The Morgan fingerprint density at radius 1 is 1.10 bits per heavy atom. The number of non-ortho nitro benzene ring substituents is 1. The number of alkyl halides is 6. The molecule has 0 spiro atoms. The standard InChI is InChI=1S/C27H27F6N3O6/c1-3-41-24(37)16-5-4-8-34(13-16)22-7-6-21(36(39)40)11-18(22)14-35-15(2)23(42-25(35)38)17-9-19(26(28,29)30)12-20(10-17)27(31,32)33/h6-7,9-12,15-16,23H,3-5,8,13-14H2,1-2H3/t15-,16?,23-/m0/s1. The first-order chi connectivity index (χ1) is 19.6. The monoisotopic (exact) mass is 603 g/mol. The molecule has 2 aliphatic rings. The summed E-state index contributed by atoms with van der Waals surface area (Å²) < 4.78 is 91.0. The number of cyclic esters (lactones) is 1. The summed E-state index contributed by atoms with van der Waals surface area (Å²) in [6, 6.07) is 3.95. The minimum Gasteiger partial charge on any atom is -0.466 e. The SMILES string of the molecule is CCOC(=O)C1CCCN(c2ccc([N+](=O)[O-])cc2CN2C(=O)O[C@H](c3cc(C(F)(F)F)cc(C(F)(F)F)c3)[C@@H]2C)C1. The quantitative estimate of drug-likeness (QED) is 0.154. The number of ether oxygens (including phenoxy) is 2. The molecule has 15 heteroatoms. The summed E-state index contributed by atoms with van der Waals surface area (Å²) in [7, 11) is 0. The normalized spacial score (nSPS) is 21.3. The molecule has 9 nitrogen and oxygen atoms in total. The number of halogens is 6. The van der Waals surface area contributed by atoms with Crippen molar-refractivity contribution in [2.24, 2.45) is 5.92 Å². The molecule has 0 radical (unpaired) electrons. The van der Waals surface area contributed by atoms with Gasteiger partial charge < -0.3 is 14.4 Å². The zero-order chi connectivity index (χ0) is 31.0. The molecule has 3 atom stereocenters. The van der Waals surface area contributed by atoms with E-state index in [1.807, 2.05) is 4.90 Å². The number of hydrogen-bond donors (Lipinski definition) is 0. The number of anilines is 1. The van der Waals surface area contributed by atoms with Gasteiger partial charge in [0.1, 0.15) is 6.10 Å². The van der Waals surface area contributed by atoms with Crippen molar-refractivity contribution in [2.75, 3.05) is 24.6 Å². The lowest BCUT2D eigenvalue weighted by atomic mass is 9.96. The van der Waals surface area contributed by atoms with E-state index >= 15 is 0 Å². The Morgan fingerprint density at radius 2 is 1.74 bits per heavy atom. The molecule has 2 aromatic rings. The van der Waals surface area contributed by atoms with E-state index in [-0.39, 0.29) is 43.0 Å². The second kappa shape index (κ2) is 11.7. The van der Waals surface area contributed by atoms with Crippen LogP contribution in [-0.2, 0) is 33.2 Å². The van der Waals surface area contributed by atoms with Crippen LogP contribution in [0.5, 0.6) is 0 Å². The first kappa shape index (κ1) is 30.9. The number of rotatable bonds is 7. The van der Waals surface area contributed by atoms with E-state index < -0.39 is 58.1 Å². The number of piperidine rings is 1. The largest absolute Gasteiger partial charge is 0.466 e. The van der Waals surface area contributed by atoms with E-state index in [2.05, 4.69) is 0 Å². The molecular weight excluding hydrogens is 576 g/mol. The molecule has 0 bridgehead atoms. The summed E-state index contributed by atoms with van der Waals surface area (Å²) in [6.07, 6.45) is -11.5. The minimum absolute atomic E-state index is 0.0136. The average Bonchev–Trinajstić information content (AvgIpc) is 3.20. The van der Waals surface area contributed by atoms with Gasteiger partial charge in [-0.15, -0.1) is 0 Å². The summed E-state index contributed by atoms with van der Waals surface area (Å²) in [5, 5.41) is 11.5. The maximum Gasteiger partial charge on any atom is 0.416 e. The van der Waals surface area contributed by atoms with Crippen LogP contribution in [0.15, 0.2) is 36.4 Å². The Labute approximate surface area is 236 Å². The van der Waals surface area contributed by atoms with Crippen LogP contribution < -0.4 is 4.90 Å². The fourth-order valence-corrected chi connectivity index (χ4v) is 5.26. The molecule has 2 heterocycles. The fraction of sp³-hybridized carbons (Fsp3) is 0.481. The predicted octanol–water partition coefficient (Wildman–Crippen LogP) is 6.49. The number of carbonyl (C=O) groups excluding carboxylic acids is 2. The summed E-state index contributed by atoms with van der Waals surface area (Å²) in [5.74, 6) is -0.838. The van der Waals surface area contributed by atoms with Crippen LogP contribution in [0.4, 0.5) is 42.5 Å². The zero-order valence-corrected chi connectivity index (χ0v) is 22.5. The number of nitro groups is 1. The van der Waals surface area contributed by atoms with Crippen molar-refractivity contribution in [3.63, 3.8) is 0 Å². The zero-order valence-electron chi connectivity index (χ0n) is 22.5. The predicted molar refractivity (Wildman–Crippen MR) is 135 cm³/mol. The van der Waals surface area contributed by atoms with Crippen LogP contribution in [0.3, 0.4) is 0 Å². The lowest BCUT2D eigenvalue weighted by Gasteiger charge is -2.35. The van der Waals surface area contributed by atoms with Gasteiger partial charge in [-0.1, -0.05) is 0 Å². The third-order valence-electron chi connectivity index (χ3n) is 7.33. The van der Waals surface area contributed by atoms with Crippen molar-refractivity contribution in [3.8, 4) is 0 Å². The van der Waals surface area contributed by atoms with E-state index in [9.17, 15) is 46.0 Å². The van der Waals surface area contributed by atoms with Gasteiger partial charge >= 0.3 is 24.4 Å². The average molecular weight is 604 g/mol. The lowest BCUT2D eigenvalue weighted by Crippen LogP contribution is -2.40. The Morgan fingerprint density at radius 3 is 2.31 bits per heavy atom. The highest BCUT2D eigenvalue weighted by Gasteiger charge is 2.43. The Balaban J connectivity index is 1.66. The van der Waals surface area contributed by atoms with E-state index in [0.717, 1.165) is 4.90 Å². The van der Waals surface area contributed by atoms with Crippen LogP contribution in [0.1, 0.15) is 55.0 Å². The molecule has 42 heavy (non-hydrogen) atoms. The second-order valence-electron chi connectivity index (χ2n) is 10.1. The number of amides is 1. The summed E-state index contributed by atoms with van der Waals surface area (Å²) in [5.41, 5.74) is -3.10. The Kier molecular flexibility index (Phi) is 8.60. The van der Waals surface area contributed by atoms with Crippen LogP contribution >= 0.6 is 0 Å². The van der Waals surface area contributed by atoms with Crippen molar-refractivity contribution in [1.82, 2.24) is 4.90 Å². The summed E-state index contributed by atoms with van der Waals surface area (Å²) >= 11 is 0. The number of benzene rings is 2. The maximum absolute atomic E-state index is 13.4. The van der Waals surface area contributed by atoms with Crippen LogP contribution in [0, 0.1) is 16.0 Å². The first-order valence-corrected chi connectivity index (χ1v) is 13.1. The second-order valence-corrected chi connectivity index (χ2v) is 10.1. The molecule has 4 rings (SSSR count). The molecular formula is C27H27F6N3O6. The van der Waals surface area contributed by atoms with Gasteiger partial charge in [-0.2, -0.15) is 26.3 Å². The van der Waals surface area contributed by atoms with Gasteiger partial charge in [0.05, 0.1) is 41.2 Å². The summed E-state index contributed by atoms with van der Waals surface area (Å²) in [6.45, 7) is 3.73. The van der Waals surface area contributed by atoms with Crippen molar-refractivity contribution in [3.05, 3.63) is 68.8 Å². The lowest BCUT2D eigenvalue weighted by molar-refractivity contribution is -0.384. The molecule has 1 amide bonds. The van der Waals surface area contributed by atoms with Crippen molar-refractivity contribution >= 4 is 23.4 Å².